The molecule has 0 spiro atoms. The summed E-state index contributed by atoms with van der Waals surface area (Å²) in [6.07, 6.45) is -0.0599. The molecule has 0 radical (unpaired) electrons. The lowest BCUT2D eigenvalue weighted by Crippen LogP contribution is -2.45. The van der Waals surface area contributed by atoms with Crippen LogP contribution in [0.3, 0.4) is 0 Å². The van der Waals surface area contributed by atoms with Crippen LogP contribution >= 0.6 is 22.5 Å². The van der Waals surface area contributed by atoms with E-state index < -0.39 is 22.9 Å². The Labute approximate surface area is 89.8 Å². The van der Waals surface area contributed by atoms with Gasteiger partial charge in [0.15, 0.2) is 4.87 Å². The summed E-state index contributed by atoms with van der Waals surface area (Å²) in [5.74, 6) is -2.42. The highest BCUT2D eigenvalue weighted by molar-refractivity contribution is 8.69. The van der Waals surface area contributed by atoms with Gasteiger partial charge in [0.05, 0.1) is 0 Å². The van der Waals surface area contributed by atoms with Crippen LogP contribution in [0.25, 0.3) is 0 Å². The topological polar surface area (TPSA) is 127 Å². The largest absolute Gasteiger partial charge is 0.480 e. The number of hydrogen-bond acceptors (Lipinski definition) is 6. The summed E-state index contributed by atoms with van der Waals surface area (Å²) in [5, 5.41) is 17.2. The quantitative estimate of drug-likeness (QED) is 0.240. The Kier molecular flexibility index (Phi) is 5.27. The summed E-state index contributed by atoms with van der Waals surface area (Å²) in [4.78, 5) is 19.4. The van der Waals surface area contributed by atoms with Crippen LogP contribution in [0.1, 0.15) is 12.8 Å². The van der Waals surface area contributed by atoms with Crippen LogP contribution in [-0.2, 0) is 9.59 Å². The summed E-state index contributed by atoms with van der Waals surface area (Å²) in [6, 6.07) is -1.10. The van der Waals surface area contributed by atoms with Gasteiger partial charge in [0.25, 0.3) is 0 Å². The van der Waals surface area contributed by atoms with Crippen molar-refractivity contribution in [3.8, 4) is 0 Å². The molecule has 2 atom stereocenters. The molecule has 0 amide bonds. The van der Waals surface area contributed by atoms with Gasteiger partial charge in [0, 0.05) is 0 Å². The maximum atomic E-state index is 10.7. The minimum Gasteiger partial charge on any atom is -0.480 e. The number of carbonyl (C=O) groups is 2. The van der Waals surface area contributed by atoms with Crippen molar-refractivity contribution >= 4 is 34.4 Å². The van der Waals surface area contributed by atoms with Gasteiger partial charge in [-0.2, -0.15) is 0 Å². The second-order valence-electron chi connectivity index (χ2n) is 2.77. The third-order valence-corrected chi connectivity index (χ3v) is 3.35. The van der Waals surface area contributed by atoms with Gasteiger partial charge < -0.3 is 21.7 Å². The van der Waals surface area contributed by atoms with E-state index in [0.717, 1.165) is 0 Å². The van der Waals surface area contributed by atoms with Gasteiger partial charge in [-0.05, 0) is 12.8 Å². The molecular weight excluding hydrogens is 228 g/mol. The first-order chi connectivity index (χ1) is 6.33. The lowest BCUT2D eigenvalue weighted by molar-refractivity contribution is -0.141. The van der Waals surface area contributed by atoms with Crippen molar-refractivity contribution in [3.63, 3.8) is 0 Å². The maximum absolute atomic E-state index is 10.7. The van der Waals surface area contributed by atoms with E-state index in [1.54, 1.807) is 0 Å². The molecule has 0 saturated carbocycles. The van der Waals surface area contributed by atoms with Crippen LogP contribution in [-0.4, -0.2) is 33.1 Å². The van der Waals surface area contributed by atoms with Gasteiger partial charge in [0.2, 0.25) is 0 Å². The van der Waals surface area contributed by atoms with E-state index in [-0.39, 0.29) is 12.8 Å². The van der Waals surface area contributed by atoms with Gasteiger partial charge in [-0.3, -0.25) is 4.79 Å². The predicted molar refractivity (Wildman–Crippen MR) is 56.0 cm³/mol. The Morgan fingerprint density at radius 1 is 1.50 bits per heavy atom. The van der Waals surface area contributed by atoms with Crippen LogP contribution in [0.2, 0.25) is 0 Å². The van der Waals surface area contributed by atoms with Crippen molar-refractivity contribution in [2.24, 2.45) is 11.5 Å². The van der Waals surface area contributed by atoms with Gasteiger partial charge in [-0.25, -0.2) is 4.79 Å². The lowest BCUT2D eigenvalue weighted by Gasteiger charge is -2.21. The predicted octanol–water partition coefficient (Wildman–Crippen LogP) is -0.504. The Hall–Kier alpha value is -0.440. The zero-order valence-corrected chi connectivity index (χ0v) is 8.92. The Morgan fingerprint density at radius 2 is 2.00 bits per heavy atom. The van der Waals surface area contributed by atoms with Crippen molar-refractivity contribution in [2.75, 3.05) is 0 Å². The molecule has 0 heterocycles. The zero-order chi connectivity index (χ0) is 11.4. The highest BCUT2D eigenvalue weighted by Crippen LogP contribution is 2.28. The number of carboxylic acids is 2. The molecule has 6 nitrogen and oxygen atoms in total. The summed E-state index contributed by atoms with van der Waals surface area (Å²) in [7, 11) is 0.658. The molecule has 0 unspecified atom stereocenters. The second kappa shape index (κ2) is 5.44. The maximum Gasteiger partial charge on any atom is 0.335 e. The van der Waals surface area contributed by atoms with Crippen LogP contribution in [0.15, 0.2) is 0 Å². The summed E-state index contributed by atoms with van der Waals surface area (Å²) in [5.41, 5.74) is 10.6. The second-order valence-corrected chi connectivity index (χ2v) is 4.23. The number of thiol groups is 1. The SMILES string of the molecule is N[C@H](CC[C@@](N)(SS)C(=O)O)C(=O)O. The van der Waals surface area contributed by atoms with Crippen molar-refractivity contribution in [2.45, 2.75) is 23.8 Å². The molecule has 0 aromatic carbocycles. The molecule has 6 N–H and O–H groups in total. The third kappa shape index (κ3) is 3.74. The van der Waals surface area contributed by atoms with Crippen LogP contribution in [0, 0.1) is 0 Å². The minimum atomic E-state index is -1.59. The molecular formula is C6H12N2O4S2. The third-order valence-electron chi connectivity index (χ3n) is 1.67. The van der Waals surface area contributed by atoms with Gasteiger partial charge in [0.1, 0.15) is 6.04 Å². The van der Waals surface area contributed by atoms with E-state index in [2.05, 4.69) is 11.7 Å². The normalized spacial score (nSPS) is 17.1. The molecule has 0 saturated heterocycles. The van der Waals surface area contributed by atoms with E-state index in [0.29, 0.717) is 10.8 Å². The lowest BCUT2D eigenvalue weighted by atomic mass is 10.1. The standard InChI is InChI=1S/C6H12N2O4S2/c7-3(4(9)10)1-2-6(8,14-13)5(11)12/h3,13H,1-2,7-8H2,(H,9,10)(H,11,12)/t3-,6-/m1/s1. The first-order valence-electron chi connectivity index (χ1n) is 3.66. The number of rotatable bonds is 6. The summed E-state index contributed by atoms with van der Waals surface area (Å²) >= 11 is 3.72. The fourth-order valence-corrected chi connectivity index (χ4v) is 1.48. The molecule has 0 rings (SSSR count). The van der Waals surface area contributed by atoms with Crippen LogP contribution < -0.4 is 11.5 Å². The van der Waals surface area contributed by atoms with Crippen molar-refractivity contribution in [1.29, 1.82) is 0 Å². The average molecular weight is 240 g/mol. The number of hydrogen-bond donors (Lipinski definition) is 5. The fraction of sp³-hybridized carbons (Fsp3) is 0.667. The molecule has 0 fully saturated rings. The molecule has 0 aliphatic carbocycles. The highest BCUT2D eigenvalue weighted by atomic mass is 33.1. The minimum absolute atomic E-state index is 0.00824. The first-order valence-corrected chi connectivity index (χ1v) is 5.53. The monoisotopic (exact) mass is 240 g/mol. The molecule has 0 aliphatic rings. The van der Waals surface area contributed by atoms with Crippen molar-refractivity contribution in [3.05, 3.63) is 0 Å². The number of carboxylic acid groups (broad SMARTS) is 2. The average Bonchev–Trinajstić information content (AvgIpc) is 2.12. The molecule has 0 aromatic heterocycles. The van der Waals surface area contributed by atoms with Crippen LogP contribution in [0.4, 0.5) is 0 Å². The van der Waals surface area contributed by atoms with E-state index in [9.17, 15) is 9.59 Å². The first kappa shape index (κ1) is 13.6. The fourth-order valence-electron chi connectivity index (χ4n) is 0.685. The Morgan fingerprint density at radius 3 is 2.29 bits per heavy atom. The molecule has 82 valence electrons. The smallest absolute Gasteiger partial charge is 0.335 e. The van der Waals surface area contributed by atoms with E-state index in [1.165, 1.54) is 0 Å². The van der Waals surface area contributed by atoms with Gasteiger partial charge >= 0.3 is 11.9 Å². The Balaban J connectivity index is 4.21. The molecule has 0 bridgehead atoms. The summed E-state index contributed by atoms with van der Waals surface area (Å²) < 4.78 is 0. The molecule has 0 aliphatic heterocycles. The van der Waals surface area contributed by atoms with Gasteiger partial charge in [-0.1, -0.05) is 10.8 Å². The molecule has 0 aromatic rings. The number of aliphatic carboxylic acids is 2. The van der Waals surface area contributed by atoms with Crippen molar-refractivity contribution in [1.82, 2.24) is 0 Å². The van der Waals surface area contributed by atoms with Crippen LogP contribution in [0.5, 0.6) is 0 Å². The number of nitrogens with two attached hydrogens (primary N) is 2. The molecule has 8 heteroatoms. The highest BCUT2D eigenvalue weighted by Gasteiger charge is 2.34. The Bertz CT molecular complexity index is 238. The van der Waals surface area contributed by atoms with E-state index in [1.807, 2.05) is 0 Å². The van der Waals surface area contributed by atoms with Crippen molar-refractivity contribution < 1.29 is 19.8 Å². The summed E-state index contributed by atoms with van der Waals surface area (Å²) in [6.45, 7) is 0. The van der Waals surface area contributed by atoms with E-state index >= 15 is 0 Å². The zero-order valence-electron chi connectivity index (χ0n) is 7.21. The van der Waals surface area contributed by atoms with E-state index in [4.69, 9.17) is 21.7 Å². The molecule has 14 heavy (non-hydrogen) atoms. The van der Waals surface area contributed by atoms with Gasteiger partial charge in [-0.15, -0.1) is 11.7 Å².